The highest BCUT2D eigenvalue weighted by molar-refractivity contribution is 5.78. The van der Waals surface area contributed by atoms with Crippen LogP contribution >= 0.6 is 0 Å². The van der Waals surface area contributed by atoms with Gasteiger partial charge in [-0.1, -0.05) is 37.3 Å². The lowest BCUT2D eigenvalue weighted by Crippen LogP contribution is -2.39. The zero-order valence-electron chi connectivity index (χ0n) is 15.3. The Balaban J connectivity index is 1.90. The standard InChI is InChI=1S/C21H27NO3/c1-4-14-24-19-10-12-20(13-11-19)25-16-21(23)22(17(2)3)15-18-8-6-5-7-9-18/h5-13,17H,4,14-16H2,1-3H3. The normalized spacial score (nSPS) is 10.6. The Morgan fingerprint density at radius 1 is 0.960 bits per heavy atom. The zero-order chi connectivity index (χ0) is 18.1. The Morgan fingerprint density at radius 2 is 1.56 bits per heavy atom. The van der Waals surface area contributed by atoms with Gasteiger partial charge in [0.05, 0.1) is 6.61 Å². The topological polar surface area (TPSA) is 38.8 Å². The summed E-state index contributed by atoms with van der Waals surface area (Å²) >= 11 is 0. The Hall–Kier alpha value is -2.49. The number of nitrogens with zero attached hydrogens (tertiary/aromatic N) is 1. The quantitative estimate of drug-likeness (QED) is 0.683. The lowest BCUT2D eigenvalue weighted by molar-refractivity contribution is -0.135. The van der Waals surface area contributed by atoms with E-state index in [4.69, 9.17) is 9.47 Å². The van der Waals surface area contributed by atoms with Crippen molar-refractivity contribution in [2.24, 2.45) is 0 Å². The van der Waals surface area contributed by atoms with Crippen molar-refractivity contribution in [2.45, 2.75) is 39.8 Å². The third-order valence-electron chi connectivity index (χ3n) is 3.80. The van der Waals surface area contributed by atoms with E-state index in [-0.39, 0.29) is 18.6 Å². The first-order valence-electron chi connectivity index (χ1n) is 8.79. The molecule has 0 radical (unpaired) electrons. The molecule has 0 aliphatic carbocycles. The smallest absolute Gasteiger partial charge is 0.261 e. The average Bonchev–Trinajstić information content (AvgIpc) is 2.64. The van der Waals surface area contributed by atoms with Crippen LogP contribution in [-0.2, 0) is 11.3 Å². The molecule has 0 aliphatic heterocycles. The number of benzene rings is 2. The van der Waals surface area contributed by atoms with Crippen LogP contribution in [-0.4, -0.2) is 30.1 Å². The van der Waals surface area contributed by atoms with Gasteiger partial charge < -0.3 is 14.4 Å². The van der Waals surface area contributed by atoms with Crippen LogP contribution in [0, 0.1) is 0 Å². The summed E-state index contributed by atoms with van der Waals surface area (Å²) in [4.78, 5) is 14.4. The van der Waals surface area contributed by atoms with Gasteiger partial charge in [-0.15, -0.1) is 0 Å². The lowest BCUT2D eigenvalue weighted by Gasteiger charge is -2.27. The maximum absolute atomic E-state index is 12.5. The summed E-state index contributed by atoms with van der Waals surface area (Å²) in [6.45, 7) is 7.41. The Kier molecular flexibility index (Phi) is 7.33. The highest BCUT2D eigenvalue weighted by Crippen LogP contribution is 2.18. The molecular formula is C21H27NO3. The zero-order valence-corrected chi connectivity index (χ0v) is 15.3. The van der Waals surface area contributed by atoms with E-state index in [1.165, 1.54) is 0 Å². The summed E-state index contributed by atoms with van der Waals surface area (Å²) < 4.78 is 11.2. The van der Waals surface area contributed by atoms with Gasteiger partial charge in [-0.05, 0) is 50.1 Å². The number of carbonyl (C=O) groups is 1. The molecule has 134 valence electrons. The third kappa shape index (κ3) is 6.14. The van der Waals surface area contributed by atoms with E-state index in [1.807, 2.05) is 73.3 Å². The lowest BCUT2D eigenvalue weighted by atomic mass is 10.2. The van der Waals surface area contributed by atoms with Crippen molar-refractivity contribution >= 4 is 5.91 Å². The summed E-state index contributed by atoms with van der Waals surface area (Å²) in [7, 11) is 0. The van der Waals surface area contributed by atoms with Crippen molar-refractivity contribution in [2.75, 3.05) is 13.2 Å². The second-order valence-corrected chi connectivity index (χ2v) is 6.21. The number of rotatable bonds is 9. The predicted molar refractivity (Wildman–Crippen MR) is 99.9 cm³/mol. The van der Waals surface area contributed by atoms with Crippen LogP contribution in [0.25, 0.3) is 0 Å². The van der Waals surface area contributed by atoms with Crippen molar-refractivity contribution in [1.82, 2.24) is 4.90 Å². The minimum atomic E-state index is -0.0230. The molecule has 4 heteroatoms. The van der Waals surface area contributed by atoms with Crippen LogP contribution in [0.2, 0.25) is 0 Å². The second-order valence-electron chi connectivity index (χ2n) is 6.21. The predicted octanol–water partition coefficient (Wildman–Crippen LogP) is 4.29. The van der Waals surface area contributed by atoms with Crippen LogP contribution in [0.3, 0.4) is 0 Å². The van der Waals surface area contributed by atoms with E-state index in [2.05, 4.69) is 6.92 Å². The average molecular weight is 341 g/mol. The molecule has 0 aliphatic rings. The monoisotopic (exact) mass is 341 g/mol. The van der Waals surface area contributed by atoms with Crippen molar-refractivity contribution in [3.8, 4) is 11.5 Å². The number of hydrogen-bond donors (Lipinski definition) is 0. The van der Waals surface area contributed by atoms with Crippen LogP contribution in [0.15, 0.2) is 54.6 Å². The van der Waals surface area contributed by atoms with Crippen LogP contribution in [0.4, 0.5) is 0 Å². The van der Waals surface area contributed by atoms with Gasteiger partial charge in [0.15, 0.2) is 6.61 Å². The van der Waals surface area contributed by atoms with Gasteiger partial charge in [-0.25, -0.2) is 0 Å². The van der Waals surface area contributed by atoms with Crippen molar-refractivity contribution in [3.63, 3.8) is 0 Å². The molecule has 0 spiro atoms. The first-order chi connectivity index (χ1) is 12.1. The van der Waals surface area contributed by atoms with E-state index in [0.717, 1.165) is 17.7 Å². The molecule has 0 N–H and O–H groups in total. The van der Waals surface area contributed by atoms with Crippen LogP contribution < -0.4 is 9.47 Å². The largest absolute Gasteiger partial charge is 0.494 e. The summed E-state index contributed by atoms with van der Waals surface area (Å²) in [5.41, 5.74) is 1.11. The highest BCUT2D eigenvalue weighted by atomic mass is 16.5. The van der Waals surface area contributed by atoms with Gasteiger partial charge in [-0.3, -0.25) is 4.79 Å². The molecule has 2 aromatic carbocycles. The minimum Gasteiger partial charge on any atom is -0.494 e. The first kappa shape index (κ1) is 18.8. The number of carbonyl (C=O) groups excluding carboxylic acids is 1. The molecule has 0 bridgehead atoms. The fourth-order valence-corrected chi connectivity index (χ4v) is 2.42. The fraction of sp³-hybridized carbons (Fsp3) is 0.381. The fourth-order valence-electron chi connectivity index (χ4n) is 2.42. The molecule has 0 saturated heterocycles. The Bertz CT molecular complexity index is 638. The van der Waals surface area contributed by atoms with Crippen molar-refractivity contribution in [3.05, 3.63) is 60.2 Å². The Morgan fingerprint density at radius 3 is 2.12 bits per heavy atom. The molecule has 25 heavy (non-hydrogen) atoms. The molecular weight excluding hydrogens is 314 g/mol. The maximum atomic E-state index is 12.5. The van der Waals surface area contributed by atoms with E-state index in [9.17, 15) is 4.79 Å². The second kappa shape index (κ2) is 9.72. The van der Waals surface area contributed by atoms with E-state index in [0.29, 0.717) is 18.9 Å². The molecule has 0 fully saturated rings. The number of ether oxygens (including phenoxy) is 2. The van der Waals surface area contributed by atoms with Crippen LogP contribution in [0.1, 0.15) is 32.8 Å². The SMILES string of the molecule is CCCOc1ccc(OCC(=O)N(Cc2ccccc2)C(C)C)cc1. The maximum Gasteiger partial charge on any atom is 0.261 e. The molecule has 2 aromatic rings. The molecule has 0 unspecified atom stereocenters. The molecule has 0 atom stereocenters. The highest BCUT2D eigenvalue weighted by Gasteiger charge is 2.17. The van der Waals surface area contributed by atoms with Crippen LogP contribution in [0.5, 0.6) is 11.5 Å². The summed E-state index contributed by atoms with van der Waals surface area (Å²) in [5, 5.41) is 0. The first-order valence-corrected chi connectivity index (χ1v) is 8.79. The van der Waals surface area contributed by atoms with Gasteiger partial charge in [0.25, 0.3) is 5.91 Å². The molecule has 0 saturated carbocycles. The summed E-state index contributed by atoms with van der Waals surface area (Å²) in [6.07, 6.45) is 0.971. The molecule has 1 amide bonds. The molecule has 2 rings (SSSR count). The third-order valence-corrected chi connectivity index (χ3v) is 3.80. The van der Waals surface area contributed by atoms with E-state index in [1.54, 1.807) is 0 Å². The minimum absolute atomic E-state index is 0.0230. The van der Waals surface area contributed by atoms with Gasteiger partial charge in [0.1, 0.15) is 11.5 Å². The van der Waals surface area contributed by atoms with Crippen molar-refractivity contribution < 1.29 is 14.3 Å². The van der Waals surface area contributed by atoms with Gasteiger partial charge >= 0.3 is 0 Å². The Labute approximate surface area is 150 Å². The van der Waals surface area contributed by atoms with Gasteiger partial charge in [0.2, 0.25) is 0 Å². The molecule has 4 nitrogen and oxygen atoms in total. The van der Waals surface area contributed by atoms with E-state index >= 15 is 0 Å². The number of hydrogen-bond acceptors (Lipinski definition) is 3. The summed E-state index contributed by atoms with van der Waals surface area (Å²) in [5.74, 6) is 1.46. The summed E-state index contributed by atoms with van der Waals surface area (Å²) in [6, 6.07) is 17.5. The van der Waals surface area contributed by atoms with Gasteiger partial charge in [-0.2, -0.15) is 0 Å². The molecule has 0 heterocycles. The number of amides is 1. The molecule has 0 aromatic heterocycles. The van der Waals surface area contributed by atoms with E-state index < -0.39 is 0 Å². The van der Waals surface area contributed by atoms with Crippen molar-refractivity contribution in [1.29, 1.82) is 0 Å². The van der Waals surface area contributed by atoms with Gasteiger partial charge in [0, 0.05) is 12.6 Å².